The van der Waals surface area contributed by atoms with Crippen LogP contribution >= 0.6 is 0 Å². The molecular weight excluding hydrogens is 152 g/mol. The van der Waals surface area contributed by atoms with Gasteiger partial charge in [-0.3, -0.25) is 4.79 Å². The van der Waals surface area contributed by atoms with E-state index in [9.17, 15) is 4.79 Å². The lowest BCUT2D eigenvalue weighted by molar-refractivity contribution is -0.122. The van der Waals surface area contributed by atoms with Crippen LogP contribution in [0.15, 0.2) is 0 Å². The molecule has 2 heteroatoms. The topological polar surface area (TPSA) is 26.3 Å². The van der Waals surface area contributed by atoms with Crippen molar-refractivity contribution >= 4 is 5.78 Å². The molecule has 0 aliphatic heterocycles. The van der Waals surface area contributed by atoms with Crippen molar-refractivity contribution in [1.82, 2.24) is 0 Å². The minimum Gasteiger partial charge on any atom is -0.382 e. The molecular formula is C10H20O2. The first kappa shape index (κ1) is 11.6. The lowest BCUT2D eigenvalue weighted by Crippen LogP contribution is -2.10. The molecule has 0 bridgehead atoms. The molecule has 72 valence electrons. The third-order valence-corrected chi connectivity index (χ3v) is 2.08. The predicted octanol–water partition coefficient (Wildman–Crippen LogP) is 2.42. The molecule has 0 rings (SSSR count). The highest BCUT2D eigenvalue weighted by Gasteiger charge is 2.09. The van der Waals surface area contributed by atoms with E-state index >= 15 is 0 Å². The zero-order valence-electron chi connectivity index (χ0n) is 8.43. The molecule has 0 aliphatic rings. The predicted molar refractivity (Wildman–Crippen MR) is 50.2 cm³/mol. The van der Waals surface area contributed by atoms with Crippen molar-refractivity contribution in [2.75, 3.05) is 13.2 Å². The minimum atomic E-state index is 0.228. The van der Waals surface area contributed by atoms with Crippen LogP contribution in [0.5, 0.6) is 0 Å². The van der Waals surface area contributed by atoms with Crippen LogP contribution in [0.2, 0.25) is 0 Å². The molecule has 0 fully saturated rings. The molecule has 0 radical (unpaired) electrons. The van der Waals surface area contributed by atoms with Gasteiger partial charge in [-0.15, -0.1) is 0 Å². The van der Waals surface area contributed by atoms with Crippen molar-refractivity contribution in [3.8, 4) is 0 Å². The van der Waals surface area contributed by atoms with E-state index in [4.69, 9.17) is 4.74 Å². The van der Waals surface area contributed by atoms with E-state index in [1.165, 1.54) is 0 Å². The second-order valence-electron chi connectivity index (χ2n) is 3.08. The van der Waals surface area contributed by atoms with Crippen LogP contribution < -0.4 is 0 Å². The summed E-state index contributed by atoms with van der Waals surface area (Å²) in [6.45, 7) is 7.47. The smallest absolute Gasteiger partial charge is 0.135 e. The van der Waals surface area contributed by atoms with Gasteiger partial charge >= 0.3 is 0 Å². The number of ketones is 1. The number of carbonyl (C=O) groups is 1. The van der Waals surface area contributed by atoms with Gasteiger partial charge in [0.15, 0.2) is 0 Å². The number of rotatable bonds is 7. The van der Waals surface area contributed by atoms with Gasteiger partial charge in [0, 0.05) is 25.6 Å². The fraction of sp³-hybridized carbons (Fsp3) is 0.900. The van der Waals surface area contributed by atoms with Gasteiger partial charge in [-0.2, -0.15) is 0 Å². The first-order valence-corrected chi connectivity index (χ1v) is 4.82. The van der Waals surface area contributed by atoms with Gasteiger partial charge in [0.25, 0.3) is 0 Å². The highest BCUT2D eigenvalue weighted by molar-refractivity contribution is 5.80. The molecule has 1 atom stereocenters. The van der Waals surface area contributed by atoms with Crippen LogP contribution in [0.1, 0.15) is 40.0 Å². The molecule has 2 nitrogen and oxygen atoms in total. The maximum absolute atomic E-state index is 11.3. The molecule has 0 aromatic carbocycles. The highest BCUT2D eigenvalue weighted by atomic mass is 16.5. The molecule has 0 saturated carbocycles. The molecule has 12 heavy (non-hydrogen) atoms. The van der Waals surface area contributed by atoms with Crippen molar-refractivity contribution in [2.45, 2.75) is 40.0 Å². The Balaban J connectivity index is 3.31. The monoisotopic (exact) mass is 172 g/mol. The Kier molecular flexibility index (Phi) is 7.06. The normalized spacial score (nSPS) is 12.9. The van der Waals surface area contributed by atoms with Gasteiger partial charge in [0.05, 0.1) is 0 Å². The number of hydrogen-bond donors (Lipinski definition) is 0. The van der Waals surface area contributed by atoms with Crippen LogP contribution in [-0.4, -0.2) is 19.0 Å². The first-order valence-electron chi connectivity index (χ1n) is 4.82. The summed E-state index contributed by atoms with van der Waals surface area (Å²) in [5.41, 5.74) is 0. The van der Waals surface area contributed by atoms with Crippen molar-refractivity contribution < 1.29 is 9.53 Å². The summed E-state index contributed by atoms with van der Waals surface area (Å²) in [5, 5.41) is 0. The first-order chi connectivity index (χ1) is 5.72. The van der Waals surface area contributed by atoms with E-state index in [0.29, 0.717) is 12.2 Å². The van der Waals surface area contributed by atoms with E-state index < -0.39 is 0 Å². The zero-order chi connectivity index (χ0) is 9.40. The van der Waals surface area contributed by atoms with Crippen molar-refractivity contribution in [2.24, 2.45) is 5.92 Å². The maximum Gasteiger partial charge on any atom is 0.135 e. The second-order valence-corrected chi connectivity index (χ2v) is 3.08. The van der Waals surface area contributed by atoms with Gasteiger partial charge in [-0.1, -0.05) is 13.8 Å². The van der Waals surface area contributed by atoms with Crippen LogP contribution in [-0.2, 0) is 9.53 Å². The number of hydrogen-bond acceptors (Lipinski definition) is 2. The lowest BCUT2D eigenvalue weighted by atomic mass is 10.0. The summed E-state index contributed by atoms with van der Waals surface area (Å²) in [6, 6.07) is 0. The molecule has 0 aliphatic carbocycles. The van der Waals surface area contributed by atoms with E-state index in [1.807, 2.05) is 20.8 Å². The summed E-state index contributed by atoms with van der Waals surface area (Å²) < 4.78 is 5.15. The maximum atomic E-state index is 11.3. The van der Waals surface area contributed by atoms with Gasteiger partial charge < -0.3 is 4.74 Å². The quantitative estimate of drug-likeness (QED) is 0.551. The van der Waals surface area contributed by atoms with Crippen LogP contribution in [0.25, 0.3) is 0 Å². The molecule has 0 saturated heterocycles. The lowest BCUT2D eigenvalue weighted by Gasteiger charge is -2.06. The third-order valence-electron chi connectivity index (χ3n) is 2.08. The summed E-state index contributed by atoms with van der Waals surface area (Å²) in [7, 11) is 0. The fourth-order valence-corrected chi connectivity index (χ4v) is 0.967. The Morgan fingerprint density at radius 3 is 2.58 bits per heavy atom. The van der Waals surface area contributed by atoms with Crippen LogP contribution in [0.4, 0.5) is 0 Å². The highest BCUT2D eigenvalue weighted by Crippen LogP contribution is 2.06. The summed E-state index contributed by atoms with van der Waals surface area (Å²) in [4.78, 5) is 11.3. The van der Waals surface area contributed by atoms with Crippen molar-refractivity contribution in [3.63, 3.8) is 0 Å². The Hall–Kier alpha value is -0.370. The summed E-state index contributed by atoms with van der Waals surface area (Å²) in [6.07, 6.45) is 2.50. The van der Waals surface area contributed by atoms with Gasteiger partial charge in [0.2, 0.25) is 0 Å². The minimum absolute atomic E-state index is 0.228. The SMILES string of the molecule is CCOCCCC(=O)C(C)CC. The molecule has 0 aromatic rings. The van der Waals surface area contributed by atoms with Gasteiger partial charge in [-0.05, 0) is 19.8 Å². The summed E-state index contributed by atoms with van der Waals surface area (Å²) >= 11 is 0. The number of carbonyl (C=O) groups excluding carboxylic acids is 1. The number of ether oxygens (including phenoxy) is 1. The average molecular weight is 172 g/mol. The summed E-state index contributed by atoms with van der Waals surface area (Å²) in [5.74, 6) is 0.601. The zero-order valence-corrected chi connectivity index (χ0v) is 8.43. The Labute approximate surface area is 75.3 Å². The van der Waals surface area contributed by atoms with E-state index in [2.05, 4.69) is 0 Å². The fourth-order valence-electron chi connectivity index (χ4n) is 0.967. The standard InChI is InChI=1S/C10H20O2/c1-4-9(3)10(11)7-6-8-12-5-2/h9H,4-8H2,1-3H3. The Morgan fingerprint density at radius 2 is 2.08 bits per heavy atom. The van der Waals surface area contributed by atoms with Crippen molar-refractivity contribution in [1.29, 1.82) is 0 Å². The second kappa shape index (κ2) is 7.29. The van der Waals surface area contributed by atoms with E-state index in [0.717, 1.165) is 26.1 Å². The molecule has 0 spiro atoms. The number of Topliss-reactive ketones (excluding diaryl/α,β-unsaturated/α-hetero) is 1. The molecule has 0 heterocycles. The van der Waals surface area contributed by atoms with Crippen molar-refractivity contribution in [3.05, 3.63) is 0 Å². The van der Waals surface area contributed by atoms with E-state index in [1.54, 1.807) is 0 Å². The van der Waals surface area contributed by atoms with Gasteiger partial charge in [-0.25, -0.2) is 0 Å². The Bertz CT molecular complexity index is 121. The van der Waals surface area contributed by atoms with Crippen LogP contribution in [0, 0.1) is 5.92 Å². The Morgan fingerprint density at radius 1 is 1.42 bits per heavy atom. The van der Waals surface area contributed by atoms with E-state index in [-0.39, 0.29) is 5.92 Å². The molecule has 0 N–H and O–H groups in total. The molecule has 0 amide bonds. The molecule has 0 aromatic heterocycles. The van der Waals surface area contributed by atoms with Crippen LogP contribution in [0.3, 0.4) is 0 Å². The largest absolute Gasteiger partial charge is 0.382 e. The third kappa shape index (κ3) is 5.30. The average Bonchev–Trinajstić information content (AvgIpc) is 2.10. The van der Waals surface area contributed by atoms with Gasteiger partial charge in [0.1, 0.15) is 5.78 Å². The molecule has 1 unspecified atom stereocenters.